The fourth-order valence-electron chi connectivity index (χ4n) is 3.83. The molecule has 0 bridgehead atoms. The second-order valence-electron chi connectivity index (χ2n) is 7.49. The van der Waals surface area contributed by atoms with Crippen molar-refractivity contribution in [3.05, 3.63) is 60.4 Å². The fraction of sp³-hybridized carbons (Fsp3) is 0.400. The normalized spacial score (nSPS) is 21.4. The first kappa shape index (κ1) is 19.0. The smallest absolute Gasteiger partial charge is 0.243 e. The molecule has 0 radical (unpaired) electrons. The minimum absolute atomic E-state index is 0.0180. The van der Waals surface area contributed by atoms with Crippen LogP contribution in [0.15, 0.2) is 59.8 Å². The summed E-state index contributed by atoms with van der Waals surface area (Å²) in [6.45, 7) is 1.66. The number of carbonyl (C=O) groups is 1. The van der Waals surface area contributed by atoms with Gasteiger partial charge in [0, 0.05) is 38.4 Å². The van der Waals surface area contributed by atoms with Gasteiger partial charge in [-0.2, -0.15) is 4.31 Å². The Morgan fingerprint density at radius 1 is 1.18 bits per heavy atom. The summed E-state index contributed by atoms with van der Waals surface area (Å²) in [7, 11) is -3.48. The Morgan fingerprint density at radius 2 is 1.89 bits per heavy atom. The van der Waals surface area contributed by atoms with E-state index in [1.807, 2.05) is 12.1 Å². The minimum atomic E-state index is -3.48. The van der Waals surface area contributed by atoms with Crippen LogP contribution >= 0.6 is 0 Å². The van der Waals surface area contributed by atoms with Crippen molar-refractivity contribution in [2.24, 2.45) is 5.92 Å². The number of ether oxygens (including phenoxy) is 1. The standard InChI is InChI=1S/C20H23N3O4S/c24-19(22-12-16-6-8-21-9-7-16)10-17-11-20(27-13-17)14-23(15-20)28(25,26)18-4-2-1-3-5-18/h1-9,17H,10-15H2,(H,22,24)/t17-/m0/s1. The molecule has 1 aromatic carbocycles. The largest absolute Gasteiger partial charge is 0.372 e. The van der Waals surface area contributed by atoms with Crippen LogP contribution in [0.3, 0.4) is 0 Å². The number of sulfonamides is 1. The van der Waals surface area contributed by atoms with Crippen LogP contribution < -0.4 is 5.32 Å². The van der Waals surface area contributed by atoms with Gasteiger partial charge in [0.05, 0.1) is 17.1 Å². The van der Waals surface area contributed by atoms with Crippen molar-refractivity contribution >= 4 is 15.9 Å². The first-order valence-electron chi connectivity index (χ1n) is 9.32. The molecule has 1 spiro atoms. The summed E-state index contributed by atoms with van der Waals surface area (Å²) in [4.78, 5) is 16.5. The minimum Gasteiger partial charge on any atom is -0.372 e. The third kappa shape index (κ3) is 3.94. The van der Waals surface area contributed by atoms with Gasteiger partial charge in [0.1, 0.15) is 0 Å². The lowest BCUT2D eigenvalue weighted by molar-refractivity contribution is -0.122. The summed E-state index contributed by atoms with van der Waals surface area (Å²) >= 11 is 0. The van der Waals surface area contributed by atoms with Crippen LogP contribution in [0.4, 0.5) is 0 Å². The number of hydrogen-bond acceptors (Lipinski definition) is 5. The van der Waals surface area contributed by atoms with Gasteiger partial charge in [-0.3, -0.25) is 9.78 Å². The molecule has 3 heterocycles. The van der Waals surface area contributed by atoms with Gasteiger partial charge in [-0.15, -0.1) is 0 Å². The molecule has 1 N–H and O–H groups in total. The Hall–Kier alpha value is -2.29. The van der Waals surface area contributed by atoms with E-state index in [1.165, 1.54) is 4.31 Å². The molecule has 4 rings (SSSR count). The summed E-state index contributed by atoms with van der Waals surface area (Å²) in [6, 6.07) is 12.2. The van der Waals surface area contributed by atoms with Gasteiger partial charge in [-0.1, -0.05) is 18.2 Å². The first-order chi connectivity index (χ1) is 13.5. The van der Waals surface area contributed by atoms with Crippen LogP contribution in [0.2, 0.25) is 0 Å². The average molecular weight is 401 g/mol. The Labute approximate surface area is 164 Å². The molecule has 1 atom stereocenters. The Kier molecular flexibility index (Phi) is 5.18. The average Bonchev–Trinajstić information content (AvgIpc) is 3.11. The maximum Gasteiger partial charge on any atom is 0.243 e. The number of nitrogens with one attached hydrogen (secondary N) is 1. The molecule has 148 valence electrons. The SMILES string of the molecule is O=C(C[C@@H]1COC2(C1)CN(S(=O)(=O)c1ccccc1)C2)NCc1ccncc1. The van der Waals surface area contributed by atoms with Gasteiger partial charge in [-0.25, -0.2) is 8.42 Å². The fourth-order valence-corrected chi connectivity index (χ4v) is 5.44. The predicted octanol–water partition coefficient (Wildman–Crippen LogP) is 1.57. The molecule has 2 aliphatic heterocycles. The number of hydrogen-bond donors (Lipinski definition) is 1. The molecule has 0 unspecified atom stereocenters. The van der Waals surface area contributed by atoms with E-state index in [9.17, 15) is 13.2 Å². The maximum atomic E-state index is 12.6. The maximum absolute atomic E-state index is 12.6. The number of nitrogens with zero attached hydrogens (tertiary/aromatic N) is 2. The van der Waals surface area contributed by atoms with Crippen molar-refractivity contribution in [1.82, 2.24) is 14.6 Å². The zero-order valence-electron chi connectivity index (χ0n) is 15.5. The third-order valence-electron chi connectivity index (χ3n) is 5.31. The zero-order valence-corrected chi connectivity index (χ0v) is 16.3. The summed E-state index contributed by atoms with van der Waals surface area (Å²) in [5.74, 6) is 0.0922. The molecule has 2 fully saturated rings. The van der Waals surface area contributed by atoms with E-state index in [0.717, 1.165) is 5.56 Å². The molecule has 8 heteroatoms. The van der Waals surface area contributed by atoms with Crippen LogP contribution in [0, 0.1) is 5.92 Å². The van der Waals surface area contributed by atoms with Crippen LogP contribution in [-0.2, 0) is 26.1 Å². The topological polar surface area (TPSA) is 88.6 Å². The van der Waals surface area contributed by atoms with E-state index in [1.54, 1.807) is 42.7 Å². The number of rotatable bonds is 6. The molecular weight excluding hydrogens is 378 g/mol. The monoisotopic (exact) mass is 401 g/mol. The lowest BCUT2D eigenvalue weighted by atomic mass is 9.87. The third-order valence-corrected chi connectivity index (χ3v) is 7.11. The summed E-state index contributed by atoms with van der Waals surface area (Å²) < 4.78 is 32.6. The summed E-state index contributed by atoms with van der Waals surface area (Å²) in [5.41, 5.74) is 0.556. The van der Waals surface area contributed by atoms with Crippen molar-refractivity contribution in [3.63, 3.8) is 0 Å². The van der Waals surface area contributed by atoms with Gasteiger partial charge in [0.25, 0.3) is 0 Å². The van der Waals surface area contributed by atoms with E-state index in [4.69, 9.17) is 4.74 Å². The molecule has 0 saturated carbocycles. The highest BCUT2D eigenvalue weighted by molar-refractivity contribution is 7.89. The predicted molar refractivity (Wildman–Crippen MR) is 103 cm³/mol. The molecule has 7 nitrogen and oxygen atoms in total. The molecule has 1 aromatic heterocycles. The number of aromatic nitrogens is 1. The van der Waals surface area contributed by atoms with Crippen LogP contribution in [-0.4, -0.2) is 48.9 Å². The van der Waals surface area contributed by atoms with Crippen molar-refractivity contribution in [2.45, 2.75) is 29.9 Å². The molecule has 1 amide bonds. The van der Waals surface area contributed by atoms with Gasteiger partial charge < -0.3 is 10.1 Å². The van der Waals surface area contributed by atoms with Crippen LogP contribution in [0.25, 0.3) is 0 Å². The van der Waals surface area contributed by atoms with Gasteiger partial charge in [0.2, 0.25) is 15.9 Å². The number of amides is 1. The Bertz CT molecular complexity index is 928. The van der Waals surface area contributed by atoms with Crippen molar-refractivity contribution < 1.29 is 17.9 Å². The second kappa shape index (κ2) is 7.62. The van der Waals surface area contributed by atoms with Crippen LogP contribution in [0.1, 0.15) is 18.4 Å². The highest BCUT2D eigenvalue weighted by Crippen LogP contribution is 2.41. The summed E-state index contributed by atoms with van der Waals surface area (Å²) in [5, 5.41) is 2.92. The number of pyridine rings is 1. The molecule has 2 aromatic rings. The van der Waals surface area contributed by atoms with Crippen molar-refractivity contribution in [2.75, 3.05) is 19.7 Å². The second-order valence-corrected chi connectivity index (χ2v) is 9.42. The van der Waals surface area contributed by atoms with Crippen LogP contribution in [0.5, 0.6) is 0 Å². The van der Waals surface area contributed by atoms with Crippen molar-refractivity contribution in [3.8, 4) is 0 Å². The van der Waals surface area contributed by atoms with E-state index >= 15 is 0 Å². The molecule has 0 aliphatic carbocycles. The van der Waals surface area contributed by atoms with Crippen molar-refractivity contribution in [1.29, 1.82) is 0 Å². The molecular formula is C20H23N3O4S. The molecule has 2 aliphatic rings. The number of carbonyl (C=O) groups excluding carboxylic acids is 1. The van der Waals surface area contributed by atoms with Gasteiger partial charge in [0.15, 0.2) is 0 Å². The molecule has 2 saturated heterocycles. The quantitative estimate of drug-likeness (QED) is 0.794. The van der Waals surface area contributed by atoms with E-state index < -0.39 is 15.6 Å². The number of benzene rings is 1. The lowest BCUT2D eigenvalue weighted by Gasteiger charge is -2.46. The molecule has 28 heavy (non-hydrogen) atoms. The first-order valence-corrected chi connectivity index (χ1v) is 10.8. The zero-order chi connectivity index (χ0) is 19.6. The van der Waals surface area contributed by atoms with Gasteiger partial charge in [-0.05, 0) is 42.2 Å². The highest BCUT2D eigenvalue weighted by atomic mass is 32.2. The Morgan fingerprint density at radius 3 is 2.61 bits per heavy atom. The van der Waals surface area contributed by atoms with E-state index in [-0.39, 0.29) is 11.8 Å². The Balaban J connectivity index is 1.27. The van der Waals surface area contributed by atoms with Gasteiger partial charge >= 0.3 is 0 Å². The summed E-state index contributed by atoms with van der Waals surface area (Å²) in [6.07, 6.45) is 4.48. The lowest BCUT2D eigenvalue weighted by Crippen LogP contribution is -2.63. The van der Waals surface area contributed by atoms with E-state index in [0.29, 0.717) is 44.0 Å². The highest BCUT2D eigenvalue weighted by Gasteiger charge is 2.53. The van der Waals surface area contributed by atoms with E-state index in [2.05, 4.69) is 10.3 Å².